The Hall–Kier alpha value is -2.47. The highest BCUT2D eigenvalue weighted by atomic mass is 19.1. The number of amides is 2. The van der Waals surface area contributed by atoms with Crippen LogP contribution in [0, 0.1) is 18.7 Å². The number of hydrogen-bond acceptors (Lipinski definition) is 3. The van der Waals surface area contributed by atoms with Crippen LogP contribution < -0.4 is 5.32 Å². The van der Waals surface area contributed by atoms with Crippen LogP contribution in [-0.4, -0.2) is 38.7 Å². The average Bonchev–Trinajstić information content (AvgIpc) is 2.62. The summed E-state index contributed by atoms with van der Waals surface area (Å²) >= 11 is 0. The van der Waals surface area contributed by atoms with Gasteiger partial charge < -0.3 is 15.3 Å². The summed E-state index contributed by atoms with van der Waals surface area (Å²) in [7, 11) is 0. The van der Waals surface area contributed by atoms with Crippen LogP contribution in [0.15, 0.2) is 36.7 Å². The highest BCUT2D eigenvalue weighted by Gasteiger charge is 2.50. The van der Waals surface area contributed by atoms with Gasteiger partial charge in [0.1, 0.15) is 5.82 Å². The fourth-order valence-corrected chi connectivity index (χ4v) is 4.54. The van der Waals surface area contributed by atoms with Gasteiger partial charge in [0.2, 0.25) is 0 Å². The molecule has 1 aromatic heterocycles. The summed E-state index contributed by atoms with van der Waals surface area (Å²) in [5.74, 6) is -0.159. The van der Waals surface area contributed by atoms with Crippen molar-refractivity contribution in [3.8, 4) is 11.1 Å². The van der Waals surface area contributed by atoms with Crippen molar-refractivity contribution < 1.29 is 14.3 Å². The minimum absolute atomic E-state index is 0.109. The van der Waals surface area contributed by atoms with Gasteiger partial charge in [0.25, 0.3) is 0 Å². The van der Waals surface area contributed by atoms with E-state index in [9.17, 15) is 14.3 Å². The number of nitrogens with one attached hydrogen (secondary N) is 1. The van der Waals surface area contributed by atoms with E-state index in [2.05, 4.69) is 10.3 Å². The number of aliphatic hydroxyl groups is 1. The number of benzene rings is 1. The van der Waals surface area contributed by atoms with Gasteiger partial charge in [0, 0.05) is 29.5 Å². The van der Waals surface area contributed by atoms with Crippen molar-refractivity contribution >= 4 is 11.7 Å². The summed E-state index contributed by atoms with van der Waals surface area (Å²) in [4.78, 5) is 18.7. The minimum Gasteiger partial charge on any atom is -0.390 e. The van der Waals surface area contributed by atoms with Gasteiger partial charge in [-0.25, -0.2) is 9.18 Å². The summed E-state index contributed by atoms with van der Waals surface area (Å²) in [6, 6.07) is 7.34. The zero-order valence-corrected chi connectivity index (χ0v) is 16.4. The molecule has 2 amide bonds. The van der Waals surface area contributed by atoms with Crippen LogP contribution in [0.4, 0.5) is 14.9 Å². The Kier molecular flexibility index (Phi) is 4.62. The second-order valence-corrected chi connectivity index (χ2v) is 8.62. The Morgan fingerprint density at radius 2 is 1.93 bits per heavy atom. The molecule has 0 radical (unpaired) electrons. The molecule has 2 fully saturated rings. The van der Waals surface area contributed by atoms with Crippen molar-refractivity contribution in [3.05, 3.63) is 48.0 Å². The standard InChI is InChI=1S/C22H26FN3O2/c1-13-4-5-17(9-20(13)14-6-16(23)12-24-11-14)25-21(27)26-18-7-15(22(2,3)28)8-19(26)10-18/h4-6,9,11-12,15,18-19,28H,7-8,10H2,1-3H3,(H,25,27). The molecular formula is C22H26FN3O2. The number of anilines is 1. The maximum atomic E-state index is 13.5. The summed E-state index contributed by atoms with van der Waals surface area (Å²) < 4.78 is 13.5. The number of pyridine rings is 1. The Balaban J connectivity index is 1.48. The summed E-state index contributed by atoms with van der Waals surface area (Å²) in [6.07, 6.45) is 5.47. The topological polar surface area (TPSA) is 65.5 Å². The lowest BCUT2D eigenvalue weighted by Gasteiger charge is -2.56. The zero-order valence-electron chi connectivity index (χ0n) is 16.4. The molecule has 0 spiro atoms. The van der Waals surface area contributed by atoms with Crippen molar-refractivity contribution in [2.24, 2.45) is 5.92 Å². The fraction of sp³-hybridized carbons (Fsp3) is 0.455. The van der Waals surface area contributed by atoms with Gasteiger partial charge in [0.15, 0.2) is 0 Å². The molecule has 2 bridgehead atoms. The molecule has 28 heavy (non-hydrogen) atoms. The molecule has 2 atom stereocenters. The third kappa shape index (κ3) is 3.49. The predicted molar refractivity (Wildman–Crippen MR) is 106 cm³/mol. The number of urea groups is 1. The number of carbonyl (C=O) groups excluding carboxylic acids is 1. The molecule has 2 aromatic rings. The Labute approximate surface area is 164 Å². The molecule has 6 heteroatoms. The number of nitrogens with zero attached hydrogens (tertiary/aromatic N) is 2. The van der Waals surface area contributed by atoms with Crippen LogP contribution in [0.3, 0.4) is 0 Å². The summed E-state index contributed by atoms with van der Waals surface area (Å²) in [5.41, 5.74) is 2.49. The number of carbonyl (C=O) groups is 1. The number of piperidine rings is 1. The van der Waals surface area contributed by atoms with Crippen molar-refractivity contribution in [2.75, 3.05) is 5.32 Å². The van der Waals surface area contributed by atoms with Gasteiger partial charge >= 0.3 is 6.03 Å². The van der Waals surface area contributed by atoms with E-state index >= 15 is 0 Å². The van der Waals surface area contributed by atoms with Gasteiger partial charge in [-0.05, 0) is 75.3 Å². The smallest absolute Gasteiger partial charge is 0.322 e. The molecule has 2 aliphatic rings. The Morgan fingerprint density at radius 1 is 1.21 bits per heavy atom. The highest BCUT2D eigenvalue weighted by Crippen LogP contribution is 2.45. The maximum Gasteiger partial charge on any atom is 0.322 e. The van der Waals surface area contributed by atoms with Gasteiger partial charge in [-0.1, -0.05) is 6.07 Å². The molecular weight excluding hydrogens is 357 g/mol. The monoisotopic (exact) mass is 383 g/mol. The lowest BCUT2D eigenvalue weighted by molar-refractivity contribution is -0.0818. The molecule has 1 aromatic carbocycles. The first-order valence-electron chi connectivity index (χ1n) is 9.75. The predicted octanol–water partition coefficient (Wildman–Crippen LogP) is 4.35. The van der Waals surface area contributed by atoms with Crippen LogP contribution in [-0.2, 0) is 0 Å². The van der Waals surface area contributed by atoms with Crippen molar-refractivity contribution in [3.63, 3.8) is 0 Å². The number of hydrogen-bond donors (Lipinski definition) is 2. The van der Waals surface area contributed by atoms with Gasteiger partial charge in [-0.3, -0.25) is 4.98 Å². The SMILES string of the molecule is Cc1ccc(NC(=O)N2C3CC2CC(C(C)(C)O)C3)cc1-c1cncc(F)c1. The molecule has 4 rings (SSSR count). The summed E-state index contributed by atoms with van der Waals surface area (Å²) in [5, 5.41) is 13.3. The number of rotatable bonds is 3. The molecule has 1 aliphatic heterocycles. The molecule has 2 unspecified atom stereocenters. The van der Waals surface area contributed by atoms with E-state index in [0.29, 0.717) is 11.3 Å². The normalized spacial score (nSPS) is 23.9. The van der Waals surface area contributed by atoms with Crippen LogP contribution >= 0.6 is 0 Å². The molecule has 1 saturated heterocycles. The first-order chi connectivity index (χ1) is 13.2. The fourth-order valence-electron chi connectivity index (χ4n) is 4.54. The van der Waals surface area contributed by atoms with E-state index in [1.165, 1.54) is 12.3 Å². The van der Waals surface area contributed by atoms with Gasteiger partial charge in [-0.2, -0.15) is 0 Å². The maximum absolute atomic E-state index is 13.5. The van der Waals surface area contributed by atoms with Crippen molar-refractivity contribution in [1.29, 1.82) is 0 Å². The quantitative estimate of drug-likeness (QED) is 0.828. The molecule has 1 saturated carbocycles. The largest absolute Gasteiger partial charge is 0.390 e. The highest BCUT2D eigenvalue weighted by molar-refractivity contribution is 5.91. The zero-order chi connectivity index (χ0) is 20.1. The van der Waals surface area contributed by atoms with Crippen LogP contribution in [0.25, 0.3) is 11.1 Å². The lowest BCUT2D eigenvalue weighted by Crippen LogP contribution is -2.65. The second kappa shape index (κ2) is 6.85. The minimum atomic E-state index is -0.704. The molecule has 2 heterocycles. The van der Waals surface area contributed by atoms with E-state index in [1.54, 1.807) is 6.20 Å². The first-order valence-corrected chi connectivity index (χ1v) is 9.75. The first kappa shape index (κ1) is 18.9. The number of aryl methyl sites for hydroxylation is 1. The Bertz CT molecular complexity index is 897. The van der Waals surface area contributed by atoms with Crippen molar-refractivity contribution in [1.82, 2.24) is 9.88 Å². The molecule has 148 valence electrons. The third-order valence-electron chi connectivity index (χ3n) is 6.18. The van der Waals surface area contributed by atoms with E-state index in [-0.39, 0.29) is 29.8 Å². The van der Waals surface area contributed by atoms with Crippen LogP contribution in [0.1, 0.15) is 38.7 Å². The number of halogens is 1. The van der Waals surface area contributed by atoms with Gasteiger partial charge in [0.05, 0.1) is 11.8 Å². The van der Waals surface area contributed by atoms with Gasteiger partial charge in [-0.15, -0.1) is 0 Å². The molecule has 1 aliphatic carbocycles. The van der Waals surface area contributed by atoms with Crippen LogP contribution in [0.2, 0.25) is 0 Å². The molecule has 2 N–H and O–H groups in total. The second-order valence-electron chi connectivity index (χ2n) is 8.62. The molecule has 5 nitrogen and oxygen atoms in total. The van der Waals surface area contributed by atoms with E-state index in [1.807, 2.05) is 43.9 Å². The van der Waals surface area contributed by atoms with E-state index in [0.717, 1.165) is 30.4 Å². The summed E-state index contributed by atoms with van der Waals surface area (Å²) in [6.45, 7) is 5.65. The number of aromatic nitrogens is 1. The number of likely N-dealkylation sites (tertiary alicyclic amines) is 1. The van der Waals surface area contributed by atoms with Crippen LogP contribution in [0.5, 0.6) is 0 Å². The average molecular weight is 383 g/mol. The van der Waals surface area contributed by atoms with E-state index < -0.39 is 5.60 Å². The third-order valence-corrected chi connectivity index (χ3v) is 6.18. The van der Waals surface area contributed by atoms with Crippen molar-refractivity contribution in [2.45, 2.75) is 57.7 Å². The lowest BCUT2D eigenvalue weighted by atomic mass is 9.68. The number of fused-ring (bicyclic) bond motifs is 2. The Morgan fingerprint density at radius 3 is 2.57 bits per heavy atom. The van der Waals surface area contributed by atoms with E-state index in [4.69, 9.17) is 0 Å².